The van der Waals surface area contributed by atoms with Crippen LogP contribution in [0.3, 0.4) is 0 Å². The van der Waals surface area contributed by atoms with Crippen molar-refractivity contribution >= 4 is 9.84 Å². The molecule has 21 heavy (non-hydrogen) atoms. The van der Waals surface area contributed by atoms with Gasteiger partial charge in [-0.15, -0.1) is 0 Å². The van der Waals surface area contributed by atoms with Gasteiger partial charge in [0, 0.05) is 0 Å². The Labute approximate surface area is 124 Å². The summed E-state index contributed by atoms with van der Waals surface area (Å²) < 4.78 is 35.0. The Morgan fingerprint density at radius 2 is 1.24 bits per heavy atom. The van der Waals surface area contributed by atoms with Crippen molar-refractivity contribution in [1.29, 1.82) is 0 Å². The Hall–Kier alpha value is -2.01. The van der Waals surface area contributed by atoms with Crippen LogP contribution in [-0.4, -0.2) is 22.6 Å². The maximum atomic E-state index is 12.2. The summed E-state index contributed by atoms with van der Waals surface area (Å²) in [5.74, 6) is 1.51. The Morgan fingerprint density at radius 1 is 0.810 bits per heavy atom. The average Bonchev–Trinajstić information content (AvgIpc) is 2.58. The molecule has 1 heterocycles. The van der Waals surface area contributed by atoms with Crippen molar-refractivity contribution in [3.05, 3.63) is 47.5 Å². The van der Waals surface area contributed by atoms with Crippen LogP contribution in [0.15, 0.2) is 36.4 Å². The van der Waals surface area contributed by atoms with Gasteiger partial charge in [0.05, 0.1) is 25.7 Å². The normalized spacial score (nSPS) is 15.5. The zero-order chi connectivity index (χ0) is 15.0. The summed E-state index contributed by atoms with van der Waals surface area (Å²) in [4.78, 5) is 0. The van der Waals surface area contributed by atoms with Crippen molar-refractivity contribution in [1.82, 2.24) is 0 Å². The quantitative estimate of drug-likeness (QED) is 0.856. The summed E-state index contributed by atoms with van der Waals surface area (Å²) in [5.41, 5.74) is 3.37. The van der Waals surface area contributed by atoms with Crippen LogP contribution in [0.4, 0.5) is 0 Å². The zero-order valence-electron chi connectivity index (χ0n) is 11.9. The van der Waals surface area contributed by atoms with E-state index >= 15 is 0 Å². The van der Waals surface area contributed by atoms with Crippen LogP contribution in [0.1, 0.15) is 11.1 Å². The first-order chi connectivity index (χ1) is 10.0. The van der Waals surface area contributed by atoms with Crippen LogP contribution in [0.25, 0.3) is 11.1 Å². The molecular formula is C16H16O4S. The van der Waals surface area contributed by atoms with Crippen LogP contribution < -0.4 is 9.47 Å². The summed E-state index contributed by atoms with van der Waals surface area (Å²) in [6.45, 7) is 0. The van der Waals surface area contributed by atoms with E-state index in [-0.39, 0.29) is 11.5 Å². The zero-order valence-corrected chi connectivity index (χ0v) is 12.7. The monoisotopic (exact) mass is 304 g/mol. The molecule has 0 aliphatic carbocycles. The number of fused-ring (bicyclic) bond motifs is 3. The molecule has 0 radical (unpaired) electrons. The third kappa shape index (κ3) is 2.61. The SMILES string of the molecule is COc1ccc2c(c1)-c1cc(OC)ccc1CS(=O)(=O)C2. The molecule has 0 amide bonds. The number of hydrogen-bond acceptors (Lipinski definition) is 4. The summed E-state index contributed by atoms with van der Waals surface area (Å²) in [6.07, 6.45) is 0. The van der Waals surface area contributed by atoms with Gasteiger partial charge in [0.15, 0.2) is 9.84 Å². The maximum absolute atomic E-state index is 12.2. The molecule has 2 aromatic rings. The third-order valence-electron chi connectivity index (χ3n) is 3.68. The van der Waals surface area contributed by atoms with E-state index in [1.54, 1.807) is 26.4 Å². The van der Waals surface area contributed by atoms with Crippen molar-refractivity contribution in [3.8, 4) is 22.6 Å². The van der Waals surface area contributed by atoms with E-state index in [0.717, 1.165) is 22.3 Å². The van der Waals surface area contributed by atoms with Crippen LogP contribution >= 0.6 is 0 Å². The molecule has 0 N–H and O–H groups in total. The maximum Gasteiger partial charge on any atom is 0.158 e. The van der Waals surface area contributed by atoms with Crippen LogP contribution in [0.5, 0.6) is 11.5 Å². The smallest absolute Gasteiger partial charge is 0.158 e. The van der Waals surface area contributed by atoms with Crippen molar-refractivity contribution in [3.63, 3.8) is 0 Å². The number of hydrogen-bond donors (Lipinski definition) is 0. The summed E-state index contributed by atoms with van der Waals surface area (Å²) in [6, 6.07) is 11.0. The number of sulfone groups is 1. The van der Waals surface area contributed by atoms with E-state index in [2.05, 4.69) is 0 Å². The molecule has 4 nitrogen and oxygen atoms in total. The van der Waals surface area contributed by atoms with Gasteiger partial charge in [-0.1, -0.05) is 12.1 Å². The van der Waals surface area contributed by atoms with Crippen LogP contribution in [0, 0.1) is 0 Å². The van der Waals surface area contributed by atoms with Gasteiger partial charge in [-0.2, -0.15) is 0 Å². The minimum Gasteiger partial charge on any atom is -0.497 e. The molecule has 110 valence electrons. The van der Waals surface area contributed by atoms with E-state index in [1.807, 2.05) is 24.3 Å². The predicted molar refractivity (Wildman–Crippen MR) is 81.3 cm³/mol. The van der Waals surface area contributed by atoms with E-state index in [4.69, 9.17) is 9.47 Å². The summed E-state index contributed by atoms with van der Waals surface area (Å²) in [5, 5.41) is 0. The van der Waals surface area contributed by atoms with Gasteiger partial charge in [0.2, 0.25) is 0 Å². The van der Waals surface area contributed by atoms with Crippen molar-refractivity contribution in [2.45, 2.75) is 11.5 Å². The van der Waals surface area contributed by atoms with Crippen molar-refractivity contribution < 1.29 is 17.9 Å². The molecule has 0 saturated carbocycles. The van der Waals surface area contributed by atoms with E-state index < -0.39 is 9.84 Å². The first-order valence-electron chi connectivity index (χ1n) is 6.57. The average molecular weight is 304 g/mol. The van der Waals surface area contributed by atoms with E-state index in [0.29, 0.717) is 11.5 Å². The molecule has 0 atom stereocenters. The van der Waals surface area contributed by atoms with Crippen LogP contribution in [0.2, 0.25) is 0 Å². The molecule has 0 fully saturated rings. The Balaban J connectivity index is 2.30. The molecule has 5 heteroatoms. The lowest BCUT2D eigenvalue weighted by molar-refractivity contribution is 0.414. The fourth-order valence-electron chi connectivity index (χ4n) is 2.64. The van der Waals surface area contributed by atoms with Crippen LogP contribution in [-0.2, 0) is 21.3 Å². The fourth-order valence-corrected chi connectivity index (χ4v) is 4.20. The third-order valence-corrected chi connectivity index (χ3v) is 5.18. The molecular weight excluding hydrogens is 288 g/mol. The Bertz CT molecular complexity index is 732. The Morgan fingerprint density at radius 3 is 1.62 bits per heavy atom. The number of benzene rings is 2. The molecule has 0 bridgehead atoms. The highest BCUT2D eigenvalue weighted by molar-refractivity contribution is 7.89. The molecule has 3 rings (SSSR count). The minimum atomic E-state index is -3.17. The fraction of sp³-hybridized carbons (Fsp3) is 0.250. The van der Waals surface area contributed by atoms with Gasteiger partial charge in [-0.3, -0.25) is 0 Å². The van der Waals surface area contributed by atoms with Gasteiger partial charge in [-0.25, -0.2) is 8.42 Å². The summed E-state index contributed by atoms with van der Waals surface area (Å²) in [7, 11) is 0.0309. The highest BCUT2D eigenvalue weighted by Crippen LogP contribution is 2.37. The number of rotatable bonds is 2. The second-order valence-corrected chi connectivity index (χ2v) is 7.14. The predicted octanol–water partition coefficient (Wildman–Crippen LogP) is 2.80. The first-order valence-corrected chi connectivity index (χ1v) is 8.39. The van der Waals surface area contributed by atoms with Gasteiger partial charge >= 0.3 is 0 Å². The molecule has 0 spiro atoms. The summed E-state index contributed by atoms with van der Waals surface area (Å²) >= 11 is 0. The van der Waals surface area contributed by atoms with Gasteiger partial charge in [0.25, 0.3) is 0 Å². The lowest BCUT2D eigenvalue weighted by atomic mass is 9.96. The highest BCUT2D eigenvalue weighted by atomic mass is 32.2. The van der Waals surface area contributed by atoms with Crippen molar-refractivity contribution in [2.24, 2.45) is 0 Å². The van der Waals surface area contributed by atoms with E-state index in [9.17, 15) is 8.42 Å². The first kappa shape index (κ1) is 13.9. The molecule has 1 aliphatic rings. The molecule has 0 unspecified atom stereocenters. The minimum absolute atomic E-state index is 0.0450. The molecule has 2 aromatic carbocycles. The number of ether oxygens (including phenoxy) is 2. The molecule has 0 saturated heterocycles. The second kappa shape index (κ2) is 5.07. The topological polar surface area (TPSA) is 52.6 Å². The van der Waals surface area contributed by atoms with E-state index in [1.165, 1.54) is 0 Å². The second-order valence-electron chi connectivity index (χ2n) is 5.08. The standard InChI is InChI=1S/C16H16O4S/c1-19-13-5-3-11-9-21(17,18)10-12-4-6-14(20-2)8-16(12)15(11)7-13/h3-8H,9-10H2,1-2H3. The Kier molecular flexibility index (Phi) is 3.37. The highest BCUT2D eigenvalue weighted by Gasteiger charge is 2.24. The number of methoxy groups -OCH3 is 2. The molecule has 0 aromatic heterocycles. The molecule has 1 aliphatic heterocycles. The van der Waals surface area contributed by atoms with Crippen molar-refractivity contribution in [2.75, 3.05) is 14.2 Å². The van der Waals surface area contributed by atoms with Gasteiger partial charge in [-0.05, 0) is 46.5 Å². The van der Waals surface area contributed by atoms with Gasteiger partial charge in [0.1, 0.15) is 11.5 Å². The lowest BCUT2D eigenvalue weighted by Crippen LogP contribution is -2.05. The van der Waals surface area contributed by atoms with Gasteiger partial charge < -0.3 is 9.47 Å². The largest absolute Gasteiger partial charge is 0.497 e. The lowest BCUT2D eigenvalue weighted by Gasteiger charge is -2.11.